The van der Waals surface area contributed by atoms with Crippen LogP contribution in [0.4, 0.5) is 4.39 Å². The minimum atomic E-state index is -0.651. The van der Waals surface area contributed by atoms with Gasteiger partial charge in [-0.1, -0.05) is 12.1 Å². The van der Waals surface area contributed by atoms with E-state index in [-0.39, 0.29) is 5.82 Å². The van der Waals surface area contributed by atoms with E-state index in [2.05, 4.69) is 27.7 Å². The molecule has 1 aromatic carbocycles. The highest BCUT2D eigenvalue weighted by Crippen LogP contribution is 2.25. The highest BCUT2D eigenvalue weighted by Gasteiger charge is 2.31. The molecule has 3 rings (SSSR count). The number of hydrogen-bond donors (Lipinski definition) is 1. The summed E-state index contributed by atoms with van der Waals surface area (Å²) in [6.45, 7) is 6.32. The monoisotopic (exact) mass is 289 g/mol. The molecule has 2 heterocycles. The van der Waals surface area contributed by atoms with Gasteiger partial charge in [-0.3, -0.25) is 9.58 Å². The molecular weight excluding hydrogens is 269 g/mol. The summed E-state index contributed by atoms with van der Waals surface area (Å²) < 4.78 is 15.2. The zero-order chi connectivity index (χ0) is 15.0. The molecule has 1 aliphatic heterocycles. The average molecular weight is 289 g/mol. The number of benzene rings is 1. The fourth-order valence-corrected chi connectivity index (χ4v) is 2.93. The summed E-state index contributed by atoms with van der Waals surface area (Å²) in [5, 5.41) is 14.7. The summed E-state index contributed by atoms with van der Waals surface area (Å²) in [5.74, 6) is -0.310. The second-order valence-corrected chi connectivity index (χ2v) is 5.81. The third-order valence-electron chi connectivity index (χ3n) is 3.99. The first-order chi connectivity index (χ1) is 10.0. The lowest BCUT2D eigenvalue weighted by atomic mass is 10.0. The smallest absolute Gasteiger partial charge is 0.123 e. The maximum atomic E-state index is 13.2. The summed E-state index contributed by atoms with van der Waals surface area (Å²) >= 11 is 0. The normalized spacial score (nSPS) is 17.7. The molecule has 1 atom stereocenters. The molecule has 0 aliphatic carbocycles. The van der Waals surface area contributed by atoms with Gasteiger partial charge in [-0.05, 0) is 37.6 Å². The van der Waals surface area contributed by atoms with E-state index in [4.69, 9.17) is 0 Å². The van der Waals surface area contributed by atoms with Gasteiger partial charge >= 0.3 is 0 Å². The van der Waals surface area contributed by atoms with Crippen LogP contribution in [0.1, 0.15) is 29.1 Å². The zero-order valence-corrected chi connectivity index (χ0v) is 12.3. The second-order valence-electron chi connectivity index (χ2n) is 5.81. The number of rotatable bonds is 4. The van der Waals surface area contributed by atoms with Crippen molar-refractivity contribution >= 4 is 0 Å². The van der Waals surface area contributed by atoms with Crippen LogP contribution < -0.4 is 0 Å². The highest BCUT2D eigenvalue weighted by molar-refractivity contribution is 5.19. The van der Waals surface area contributed by atoms with Gasteiger partial charge in [-0.25, -0.2) is 4.39 Å². The van der Waals surface area contributed by atoms with Crippen LogP contribution in [0.15, 0.2) is 30.3 Å². The molecular formula is C16H20FN3O. The second kappa shape index (κ2) is 5.58. The lowest BCUT2D eigenvalue weighted by Crippen LogP contribution is -2.49. The first kappa shape index (κ1) is 14.2. The molecule has 0 amide bonds. The van der Waals surface area contributed by atoms with Crippen molar-refractivity contribution in [2.24, 2.45) is 0 Å². The topological polar surface area (TPSA) is 41.3 Å². The standard InChI is InChI=1S/C16H20FN3O/c1-11-6-12(2)20(18-11)15-8-19(9-15)10-16(21)13-4-3-5-14(17)7-13/h3-7,15-16,21H,8-10H2,1-2H3. The fraction of sp³-hybridized carbons (Fsp3) is 0.438. The van der Waals surface area contributed by atoms with Crippen LogP contribution in [0.5, 0.6) is 0 Å². The molecule has 1 unspecified atom stereocenters. The average Bonchev–Trinajstić information content (AvgIpc) is 2.72. The number of hydrogen-bond acceptors (Lipinski definition) is 3. The van der Waals surface area contributed by atoms with Gasteiger partial charge in [-0.15, -0.1) is 0 Å². The lowest BCUT2D eigenvalue weighted by molar-refractivity contribution is 0.0392. The summed E-state index contributed by atoms with van der Waals surface area (Å²) in [6, 6.07) is 8.61. The SMILES string of the molecule is Cc1cc(C)n(C2CN(CC(O)c3cccc(F)c3)C2)n1. The molecule has 0 radical (unpaired) electrons. The minimum Gasteiger partial charge on any atom is -0.387 e. The van der Waals surface area contributed by atoms with Crippen molar-refractivity contribution in [1.82, 2.24) is 14.7 Å². The van der Waals surface area contributed by atoms with E-state index < -0.39 is 6.10 Å². The molecule has 1 fully saturated rings. The summed E-state index contributed by atoms with van der Waals surface area (Å²) in [5.41, 5.74) is 2.83. The maximum absolute atomic E-state index is 13.2. The van der Waals surface area contributed by atoms with Gasteiger partial charge in [0.25, 0.3) is 0 Å². The maximum Gasteiger partial charge on any atom is 0.123 e. The molecule has 0 saturated carbocycles. The van der Waals surface area contributed by atoms with Crippen molar-refractivity contribution in [3.05, 3.63) is 53.1 Å². The van der Waals surface area contributed by atoms with Crippen LogP contribution in [0.3, 0.4) is 0 Å². The van der Waals surface area contributed by atoms with Crippen molar-refractivity contribution in [2.75, 3.05) is 19.6 Å². The van der Waals surface area contributed by atoms with Crippen LogP contribution in [0.25, 0.3) is 0 Å². The molecule has 0 spiro atoms. The fourth-order valence-electron chi connectivity index (χ4n) is 2.93. The van der Waals surface area contributed by atoms with Gasteiger partial charge in [0.05, 0.1) is 17.8 Å². The Balaban J connectivity index is 1.56. The predicted molar refractivity (Wildman–Crippen MR) is 78.5 cm³/mol. The molecule has 4 nitrogen and oxygen atoms in total. The van der Waals surface area contributed by atoms with Crippen molar-refractivity contribution in [3.8, 4) is 0 Å². The lowest BCUT2D eigenvalue weighted by Gasteiger charge is -2.40. The molecule has 21 heavy (non-hydrogen) atoms. The Morgan fingerprint density at radius 1 is 1.33 bits per heavy atom. The van der Waals surface area contributed by atoms with Crippen molar-refractivity contribution in [3.63, 3.8) is 0 Å². The number of aryl methyl sites for hydroxylation is 2. The molecule has 112 valence electrons. The Labute approximate surface area is 123 Å². The summed E-state index contributed by atoms with van der Waals surface area (Å²) in [6.07, 6.45) is -0.651. The van der Waals surface area contributed by atoms with Gasteiger partial charge in [0.1, 0.15) is 5.82 Å². The van der Waals surface area contributed by atoms with Crippen LogP contribution >= 0.6 is 0 Å². The first-order valence-electron chi connectivity index (χ1n) is 7.21. The number of nitrogens with zero attached hydrogens (tertiary/aromatic N) is 3. The van der Waals surface area contributed by atoms with Gasteiger partial charge in [0.2, 0.25) is 0 Å². The Bertz CT molecular complexity index is 634. The Morgan fingerprint density at radius 2 is 2.10 bits per heavy atom. The molecule has 0 bridgehead atoms. The molecule has 5 heteroatoms. The van der Waals surface area contributed by atoms with Crippen LogP contribution in [-0.4, -0.2) is 39.4 Å². The third-order valence-corrected chi connectivity index (χ3v) is 3.99. The Morgan fingerprint density at radius 3 is 2.71 bits per heavy atom. The molecule has 1 saturated heterocycles. The number of β-amino-alcohol motifs (C(OH)–C–C–N with tert-alkyl or cyclic N) is 1. The van der Waals surface area contributed by atoms with Crippen LogP contribution in [0, 0.1) is 19.7 Å². The number of likely N-dealkylation sites (tertiary alicyclic amines) is 1. The molecule has 1 aromatic heterocycles. The summed E-state index contributed by atoms with van der Waals surface area (Å²) in [7, 11) is 0. The van der Waals surface area contributed by atoms with Crippen molar-refractivity contribution in [2.45, 2.75) is 26.0 Å². The molecule has 2 aromatic rings. The third kappa shape index (κ3) is 2.99. The van der Waals surface area contributed by atoms with E-state index in [1.165, 1.54) is 17.8 Å². The van der Waals surface area contributed by atoms with E-state index in [0.717, 1.165) is 18.8 Å². The molecule has 1 aliphatic rings. The van der Waals surface area contributed by atoms with Crippen molar-refractivity contribution in [1.29, 1.82) is 0 Å². The van der Waals surface area contributed by atoms with E-state index in [1.54, 1.807) is 12.1 Å². The van der Waals surface area contributed by atoms with Gasteiger partial charge < -0.3 is 5.11 Å². The first-order valence-corrected chi connectivity index (χ1v) is 7.21. The van der Waals surface area contributed by atoms with Gasteiger partial charge in [0.15, 0.2) is 0 Å². The highest BCUT2D eigenvalue weighted by atomic mass is 19.1. The number of halogens is 1. The number of aliphatic hydroxyl groups excluding tert-OH is 1. The quantitative estimate of drug-likeness (QED) is 0.938. The van der Waals surface area contributed by atoms with E-state index >= 15 is 0 Å². The van der Waals surface area contributed by atoms with Gasteiger partial charge in [-0.2, -0.15) is 5.10 Å². The van der Waals surface area contributed by atoms with Gasteiger partial charge in [0, 0.05) is 25.3 Å². The predicted octanol–water partition coefficient (Wildman–Crippen LogP) is 2.23. The van der Waals surface area contributed by atoms with Crippen LogP contribution in [-0.2, 0) is 0 Å². The molecule has 1 N–H and O–H groups in total. The summed E-state index contributed by atoms with van der Waals surface area (Å²) in [4.78, 5) is 2.16. The minimum absolute atomic E-state index is 0.310. The Hall–Kier alpha value is -1.72. The largest absolute Gasteiger partial charge is 0.387 e. The van der Waals surface area contributed by atoms with E-state index in [0.29, 0.717) is 18.2 Å². The zero-order valence-electron chi connectivity index (χ0n) is 12.3. The number of aromatic nitrogens is 2. The Kier molecular flexibility index (Phi) is 3.78. The number of aliphatic hydroxyl groups is 1. The van der Waals surface area contributed by atoms with E-state index in [1.807, 2.05) is 6.92 Å². The van der Waals surface area contributed by atoms with Crippen LogP contribution in [0.2, 0.25) is 0 Å². The van der Waals surface area contributed by atoms with Crippen molar-refractivity contribution < 1.29 is 9.50 Å². The van der Waals surface area contributed by atoms with E-state index in [9.17, 15) is 9.50 Å².